The van der Waals surface area contributed by atoms with Crippen molar-refractivity contribution in [3.8, 4) is 5.75 Å². The van der Waals surface area contributed by atoms with E-state index in [-0.39, 0.29) is 30.2 Å². The van der Waals surface area contributed by atoms with Crippen LogP contribution < -0.4 is 10.1 Å². The molecule has 1 saturated carbocycles. The predicted molar refractivity (Wildman–Crippen MR) is 112 cm³/mol. The van der Waals surface area contributed by atoms with Crippen LogP contribution in [0.3, 0.4) is 0 Å². The zero-order valence-electron chi connectivity index (χ0n) is 18.6. The van der Waals surface area contributed by atoms with E-state index in [9.17, 15) is 18.0 Å². The minimum Gasteiger partial charge on any atom is -0.465 e. The topological polar surface area (TPSA) is 66.0 Å². The maximum absolute atomic E-state index is 13.4. The number of ether oxygens (including phenoxy) is 4. The van der Waals surface area contributed by atoms with Gasteiger partial charge in [0.25, 0.3) is 0 Å². The molecule has 1 aliphatic carbocycles. The first-order chi connectivity index (χ1) is 14.9. The van der Waals surface area contributed by atoms with Crippen LogP contribution in [0.1, 0.15) is 48.5 Å². The van der Waals surface area contributed by atoms with Gasteiger partial charge in [-0.3, -0.25) is 5.32 Å². The number of hydrogen-bond acceptors (Lipinski definition) is 6. The molecule has 1 atom stereocenters. The second kappa shape index (κ2) is 9.37. The number of aryl methyl sites for hydroxylation is 1. The molecule has 180 valence electrons. The molecule has 1 N–H and O–H groups in total. The van der Waals surface area contributed by atoms with Crippen molar-refractivity contribution >= 4 is 17.6 Å². The molecule has 0 aromatic heterocycles. The van der Waals surface area contributed by atoms with Crippen LogP contribution >= 0.6 is 11.6 Å². The van der Waals surface area contributed by atoms with Crippen LogP contribution in [0.25, 0.3) is 0 Å². The predicted octanol–water partition coefficient (Wildman–Crippen LogP) is 4.66. The van der Waals surface area contributed by atoms with Gasteiger partial charge in [-0.1, -0.05) is 11.6 Å². The number of halogens is 4. The lowest BCUT2D eigenvalue weighted by Crippen LogP contribution is -2.71. The first-order valence-electron chi connectivity index (χ1n) is 10.5. The zero-order valence-corrected chi connectivity index (χ0v) is 19.4. The van der Waals surface area contributed by atoms with Gasteiger partial charge in [-0.05, 0) is 50.3 Å². The Kier molecular flexibility index (Phi) is 7.34. The van der Waals surface area contributed by atoms with Crippen LogP contribution in [0, 0.1) is 12.8 Å². The minimum atomic E-state index is -4.35. The third-order valence-corrected chi connectivity index (χ3v) is 6.89. The van der Waals surface area contributed by atoms with E-state index < -0.39 is 23.5 Å². The highest BCUT2D eigenvalue weighted by Gasteiger charge is 2.60. The molecule has 1 saturated heterocycles. The number of nitrogens with one attached hydrogen (secondary N) is 1. The van der Waals surface area contributed by atoms with Crippen LogP contribution in [0.5, 0.6) is 5.75 Å². The Hall–Kier alpha value is -1.55. The largest absolute Gasteiger partial charge is 0.465 e. The van der Waals surface area contributed by atoms with E-state index >= 15 is 0 Å². The van der Waals surface area contributed by atoms with Crippen LogP contribution in [0.2, 0.25) is 5.02 Å². The van der Waals surface area contributed by atoms with Crippen LogP contribution in [0.4, 0.5) is 13.2 Å². The summed E-state index contributed by atoms with van der Waals surface area (Å²) >= 11 is 6.35. The molecule has 1 aromatic carbocycles. The van der Waals surface area contributed by atoms with Crippen molar-refractivity contribution < 1.29 is 36.9 Å². The fourth-order valence-electron chi connectivity index (χ4n) is 4.36. The van der Waals surface area contributed by atoms with Gasteiger partial charge in [-0.15, -0.1) is 0 Å². The summed E-state index contributed by atoms with van der Waals surface area (Å²) in [5.74, 6) is -1.22. The molecule has 1 unspecified atom stereocenters. The molecule has 0 amide bonds. The second-order valence-electron chi connectivity index (χ2n) is 8.68. The van der Waals surface area contributed by atoms with Crippen molar-refractivity contribution in [2.45, 2.75) is 63.1 Å². The molecule has 6 nitrogen and oxygen atoms in total. The van der Waals surface area contributed by atoms with Gasteiger partial charge in [0.2, 0.25) is 5.79 Å². The molecule has 1 aromatic rings. The number of alkyl halides is 3. The SMILES string of the molecule is COC(=O)c1cc(Cl)c(OC(C)(OC)C2CCC(NC3(C(F)(F)F)COC3)CC2)cc1C. The average molecular weight is 480 g/mol. The van der Waals surface area contributed by atoms with Crippen molar-refractivity contribution in [2.24, 2.45) is 5.92 Å². The summed E-state index contributed by atoms with van der Waals surface area (Å²) in [6.45, 7) is 2.84. The highest BCUT2D eigenvalue weighted by atomic mass is 35.5. The van der Waals surface area contributed by atoms with Crippen molar-refractivity contribution in [3.63, 3.8) is 0 Å². The average Bonchev–Trinajstić information content (AvgIpc) is 2.71. The molecular weight excluding hydrogens is 451 g/mol. The Morgan fingerprint density at radius 1 is 1.19 bits per heavy atom. The first kappa shape index (κ1) is 25.1. The molecule has 1 heterocycles. The van der Waals surface area contributed by atoms with E-state index in [1.165, 1.54) is 20.3 Å². The zero-order chi connectivity index (χ0) is 23.7. The molecule has 0 spiro atoms. The number of rotatable bonds is 7. The lowest BCUT2D eigenvalue weighted by atomic mass is 9.80. The Bertz CT molecular complexity index is 838. The van der Waals surface area contributed by atoms with E-state index in [0.29, 0.717) is 42.6 Å². The molecule has 2 aliphatic rings. The van der Waals surface area contributed by atoms with Gasteiger partial charge in [0.05, 0.1) is 30.9 Å². The second-order valence-corrected chi connectivity index (χ2v) is 9.08. The van der Waals surface area contributed by atoms with E-state index in [4.69, 9.17) is 30.5 Å². The Morgan fingerprint density at radius 2 is 1.81 bits per heavy atom. The maximum atomic E-state index is 13.4. The van der Waals surface area contributed by atoms with Crippen LogP contribution in [-0.4, -0.2) is 56.9 Å². The molecule has 0 radical (unpaired) electrons. The molecule has 2 fully saturated rings. The van der Waals surface area contributed by atoms with Gasteiger partial charge in [-0.25, -0.2) is 4.79 Å². The Morgan fingerprint density at radius 3 is 2.28 bits per heavy atom. The summed E-state index contributed by atoms with van der Waals surface area (Å²) < 4.78 is 61.7. The van der Waals surface area contributed by atoms with Gasteiger partial charge in [0, 0.05) is 26.0 Å². The first-order valence-corrected chi connectivity index (χ1v) is 10.9. The number of esters is 1. The number of carbonyl (C=O) groups excluding carboxylic acids is 1. The number of methoxy groups -OCH3 is 2. The van der Waals surface area contributed by atoms with Gasteiger partial charge in [0.15, 0.2) is 5.54 Å². The summed E-state index contributed by atoms with van der Waals surface area (Å²) in [5, 5.41) is 3.03. The lowest BCUT2D eigenvalue weighted by molar-refractivity contribution is -0.271. The van der Waals surface area contributed by atoms with Crippen molar-refractivity contribution in [1.82, 2.24) is 5.32 Å². The number of benzene rings is 1. The molecule has 0 bridgehead atoms. The highest BCUT2D eigenvalue weighted by Crippen LogP contribution is 2.42. The summed E-state index contributed by atoms with van der Waals surface area (Å²) in [6.07, 6.45) is -2.00. The van der Waals surface area contributed by atoms with Gasteiger partial charge in [-0.2, -0.15) is 13.2 Å². The van der Waals surface area contributed by atoms with Crippen molar-refractivity contribution in [1.29, 1.82) is 0 Å². The standard InChI is InChI=1S/C22H29ClF3NO5/c1-13-9-18(17(23)10-16(13)19(28)29-3)32-20(2,30-4)14-5-7-15(8-6-14)27-21(11-31-12-21)22(24,25)26/h9-10,14-15,27H,5-8,11-12H2,1-4H3. The smallest absolute Gasteiger partial charge is 0.411 e. The summed E-state index contributed by atoms with van der Waals surface area (Å²) in [5.41, 5.74) is -0.963. The van der Waals surface area contributed by atoms with Crippen LogP contribution in [0.15, 0.2) is 12.1 Å². The molecule has 32 heavy (non-hydrogen) atoms. The Balaban J connectivity index is 1.67. The monoisotopic (exact) mass is 479 g/mol. The molecule has 3 rings (SSSR count). The van der Waals surface area contributed by atoms with Crippen molar-refractivity contribution in [2.75, 3.05) is 27.4 Å². The summed E-state index contributed by atoms with van der Waals surface area (Å²) in [6, 6.07) is 2.89. The van der Waals surface area contributed by atoms with E-state index in [1.807, 2.05) is 0 Å². The maximum Gasteiger partial charge on any atom is 0.411 e. The minimum absolute atomic E-state index is 0.0540. The van der Waals surface area contributed by atoms with Gasteiger partial charge >= 0.3 is 12.1 Å². The van der Waals surface area contributed by atoms with Gasteiger partial charge in [0.1, 0.15) is 5.75 Å². The fraction of sp³-hybridized carbons (Fsp3) is 0.682. The normalized spacial score (nSPS) is 24.9. The number of carbonyl (C=O) groups is 1. The third kappa shape index (κ3) is 4.85. The summed E-state index contributed by atoms with van der Waals surface area (Å²) in [4.78, 5) is 11.9. The van der Waals surface area contributed by atoms with Gasteiger partial charge < -0.3 is 18.9 Å². The highest BCUT2D eigenvalue weighted by molar-refractivity contribution is 6.32. The molecule has 10 heteroatoms. The third-order valence-electron chi connectivity index (χ3n) is 6.59. The Labute approximate surface area is 190 Å². The van der Waals surface area contributed by atoms with E-state index in [0.717, 1.165) is 0 Å². The van der Waals surface area contributed by atoms with Crippen molar-refractivity contribution in [3.05, 3.63) is 28.3 Å². The molecule has 1 aliphatic heterocycles. The summed E-state index contributed by atoms with van der Waals surface area (Å²) in [7, 11) is 2.82. The van der Waals surface area contributed by atoms with E-state index in [1.54, 1.807) is 19.9 Å². The lowest BCUT2D eigenvalue weighted by Gasteiger charge is -2.47. The van der Waals surface area contributed by atoms with Crippen LogP contribution in [-0.2, 0) is 14.2 Å². The number of hydrogen-bond donors (Lipinski definition) is 1. The fourth-order valence-corrected chi connectivity index (χ4v) is 4.56. The molecular formula is C22H29ClF3NO5. The quantitative estimate of drug-likeness (QED) is 0.453. The van der Waals surface area contributed by atoms with E-state index in [2.05, 4.69) is 5.32 Å².